The highest BCUT2D eigenvalue weighted by Crippen LogP contribution is 2.23. The summed E-state index contributed by atoms with van der Waals surface area (Å²) in [5.74, 6) is -0.303. The molecule has 0 atom stereocenters. The van der Waals surface area contributed by atoms with Gasteiger partial charge in [0, 0.05) is 13.0 Å². The van der Waals surface area contributed by atoms with Gasteiger partial charge in [0.05, 0.1) is 5.69 Å². The van der Waals surface area contributed by atoms with Crippen LogP contribution in [0.4, 0.5) is 10.1 Å². The minimum absolute atomic E-state index is 0.0186. The average Bonchev–Trinajstić information content (AvgIpc) is 2.52. The fourth-order valence-corrected chi connectivity index (χ4v) is 1.57. The molecule has 1 aromatic carbocycles. The second-order valence-electron chi connectivity index (χ2n) is 3.10. The van der Waals surface area contributed by atoms with E-state index in [4.69, 9.17) is 0 Å². The fourth-order valence-electron chi connectivity index (χ4n) is 1.57. The molecule has 0 saturated carbocycles. The van der Waals surface area contributed by atoms with E-state index >= 15 is 0 Å². The first-order chi connectivity index (χ1) is 6.29. The van der Waals surface area contributed by atoms with Crippen LogP contribution < -0.4 is 4.90 Å². The number of nitrogens with zero attached hydrogens (tertiary/aromatic N) is 1. The van der Waals surface area contributed by atoms with Crippen LogP contribution in [0.1, 0.15) is 12.8 Å². The van der Waals surface area contributed by atoms with Gasteiger partial charge in [-0.15, -0.1) is 0 Å². The first-order valence-electron chi connectivity index (χ1n) is 4.34. The number of benzene rings is 1. The quantitative estimate of drug-likeness (QED) is 0.645. The van der Waals surface area contributed by atoms with E-state index in [1.807, 2.05) is 0 Å². The molecule has 3 heteroatoms. The summed E-state index contributed by atoms with van der Waals surface area (Å²) in [6, 6.07) is 6.38. The molecule has 2 rings (SSSR count). The molecule has 68 valence electrons. The Morgan fingerprint density at radius 1 is 1.31 bits per heavy atom. The molecule has 0 unspecified atom stereocenters. The second kappa shape index (κ2) is 3.17. The summed E-state index contributed by atoms with van der Waals surface area (Å²) in [6.45, 7) is 0.639. The number of hydrogen-bond donors (Lipinski definition) is 0. The van der Waals surface area contributed by atoms with Crippen molar-refractivity contribution in [3.05, 3.63) is 30.1 Å². The van der Waals surface area contributed by atoms with Gasteiger partial charge >= 0.3 is 0 Å². The minimum Gasteiger partial charge on any atom is -0.310 e. The van der Waals surface area contributed by atoms with Crippen LogP contribution in [0.15, 0.2) is 24.3 Å². The summed E-state index contributed by atoms with van der Waals surface area (Å²) in [6.07, 6.45) is 1.36. The second-order valence-corrected chi connectivity index (χ2v) is 3.10. The Kier molecular flexibility index (Phi) is 2.00. The van der Waals surface area contributed by atoms with Gasteiger partial charge in [-0.05, 0) is 18.6 Å². The molecule has 1 aliphatic heterocycles. The van der Waals surface area contributed by atoms with Crippen molar-refractivity contribution in [3.8, 4) is 0 Å². The molecule has 0 aliphatic carbocycles. The Bertz CT molecular complexity index is 337. The van der Waals surface area contributed by atoms with Crippen molar-refractivity contribution >= 4 is 11.6 Å². The number of anilines is 1. The zero-order valence-electron chi connectivity index (χ0n) is 7.16. The van der Waals surface area contributed by atoms with Crippen molar-refractivity contribution in [2.24, 2.45) is 0 Å². The van der Waals surface area contributed by atoms with Gasteiger partial charge in [0.2, 0.25) is 5.91 Å². The molecule has 0 N–H and O–H groups in total. The Morgan fingerprint density at radius 3 is 2.69 bits per heavy atom. The van der Waals surface area contributed by atoms with Crippen LogP contribution >= 0.6 is 0 Å². The van der Waals surface area contributed by atoms with Gasteiger partial charge in [0.15, 0.2) is 0 Å². The molecule has 1 aromatic rings. The number of carbonyl (C=O) groups excluding carboxylic acids is 1. The third-order valence-electron chi connectivity index (χ3n) is 2.22. The van der Waals surface area contributed by atoms with Crippen LogP contribution in [0, 0.1) is 5.82 Å². The average molecular weight is 179 g/mol. The number of hydrogen-bond acceptors (Lipinski definition) is 1. The maximum absolute atomic E-state index is 13.2. The molecule has 0 bridgehead atoms. The van der Waals surface area contributed by atoms with E-state index < -0.39 is 0 Å². The molecule has 2 nitrogen and oxygen atoms in total. The van der Waals surface area contributed by atoms with Crippen molar-refractivity contribution in [3.63, 3.8) is 0 Å². The van der Waals surface area contributed by atoms with E-state index in [-0.39, 0.29) is 11.7 Å². The van der Waals surface area contributed by atoms with Crippen LogP contribution in [-0.4, -0.2) is 12.5 Å². The summed E-state index contributed by atoms with van der Waals surface area (Å²) in [7, 11) is 0. The van der Waals surface area contributed by atoms with Gasteiger partial charge in [-0.1, -0.05) is 12.1 Å². The summed E-state index contributed by atoms with van der Waals surface area (Å²) in [4.78, 5) is 12.8. The highest BCUT2D eigenvalue weighted by molar-refractivity contribution is 5.95. The molecule has 1 aliphatic rings. The van der Waals surface area contributed by atoms with Crippen molar-refractivity contribution in [1.82, 2.24) is 0 Å². The van der Waals surface area contributed by atoms with Crippen LogP contribution in [-0.2, 0) is 4.79 Å². The summed E-state index contributed by atoms with van der Waals surface area (Å²) < 4.78 is 13.2. The Morgan fingerprint density at radius 2 is 2.08 bits per heavy atom. The molecule has 1 heterocycles. The van der Waals surface area contributed by atoms with Gasteiger partial charge in [-0.25, -0.2) is 4.39 Å². The van der Waals surface area contributed by atoms with Crippen LogP contribution in [0.5, 0.6) is 0 Å². The summed E-state index contributed by atoms with van der Waals surface area (Å²) >= 11 is 0. The zero-order valence-corrected chi connectivity index (χ0v) is 7.16. The lowest BCUT2D eigenvalue weighted by atomic mass is 10.3. The van der Waals surface area contributed by atoms with Gasteiger partial charge < -0.3 is 4.90 Å². The van der Waals surface area contributed by atoms with Gasteiger partial charge in [0.1, 0.15) is 5.82 Å². The normalized spacial score (nSPS) is 16.7. The van der Waals surface area contributed by atoms with E-state index in [9.17, 15) is 9.18 Å². The standard InChI is InChI=1S/C10H10FNO/c11-8-4-1-2-5-9(8)12-7-3-6-10(12)13/h1-2,4-5H,3,6-7H2. The molecule has 0 radical (unpaired) electrons. The monoisotopic (exact) mass is 179 g/mol. The number of carbonyl (C=O) groups is 1. The predicted octanol–water partition coefficient (Wildman–Crippen LogP) is 1.95. The first kappa shape index (κ1) is 8.23. The van der Waals surface area contributed by atoms with Crippen molar-refractivity contribution in [2.75, 3.05) is 11.4 Å². The van der Waals surface area contributed by atoms with Gasteiger partial charge in [-0.3, -0.25) is 4.79 Å². The highest BCUT2D eigenvalue weighted by atomic mass is 19.1. The predicted molar refractivity (Wildman–Crippen MR) is 48.0 cm³/mol. The molecule has 13 heavy (non-hydrogen) atoms. The molecule has 1 fully saturated rings. The maximum atomic E-state index is 13.2. The smallest absolute Gasteiger partial charge is 0.227 e. The Labute approximate surface area is 76.0 Å². The maximum Gasteiger partial charge on any atom is 0.227 e. The first-order valence-corrected chi connectivity index (χ1v) is 4.34. The third kappa shape index (κ3) is 1.41. The largest absolute Gasteiger partial charge is 0.310 e. The molecule has 1 saturated heterocycles. The van der Waals surface area contributed by atoms with Crippen LogP contribution in [0.3, 0.4) is 0 Å². The number of rotatable bonds is 1. The van der Waals surface area contributed by atoms with Crippen molar-refractivity contribution in [1.29, 1.82) is 0 Å². The minimum atomic E-state index is -0.322. The highest BCUT2D eigenvalue weighted by Gasteiger charge is 2.23. The molecule has 0 spiro atoms. The van der Waals surface area contributed by atoms with Crippen LogP contribution in [0.25, 0.3) is 0 Å². The topological polar surface area (TPSA) is 20.3 Å². The SMILES string of the molecule is O=C1CCCN1c1ccccc1F. The lowest BCUT2D eigenvalue weighted by molar-refractivity contribution is -0.117. The van der Waals surface area contributed by atoms with E-state index in [1.165, 1.54) is 11.0 Å². The number of para-hydroxylation sites is 1. The molecular formula is C10H10FNO. The molecule has 1 amide bonds. The summed E-state index contributed by atoms with van der Waals surface area (Å²) in [5, 5.41) is 0. The Hall–Kier alpha value is -1.38. The van der Waals surface area contributed by atoms with E-state index in [2.05, 4.69) is 0 Å². The Balaban J connectivity index is 2.34. The van der Waals surface area contributed by atoms with E-state index in [0.29, 0.717) is 18.7 Å². The fraction of sp³-hybridized carbons (Fsp3) is 0.300. The van der Waals surface area contributed by atoms with E-state index in [0.717, 1.165) is 6.42 Å². The van der Waals surface area contributed by atoms with E-state index in [1.54, 1.807) is 18.2 Å². The third-order valence-corrected chi connectivity index (χ3v) is 2.22. The number of halogens is 1. The summed E-state index contributed by atoms with van der Waals surface area (Å²) in [5.41, 5.74) is 0.407. The lowest BCUT2D eigenvalue weighted by Gasteiger charge is -2.15. The lowest BCUT2D eigenvalue weighted by Crippen LogP contribution is -2.24. The molecule has 0 aromatic heterocycles. The zero-order chi connectivity index (χ0) is 9.26. The molecular weight excluding hydrogens is 169 g/mol. The van der Waals surface area contributed by atoms with Crippen molar-refractivity contribution in [2.45, 2.75) is 12.8 Å². The van der Waals surface area contributed by atoms with Gasteiger partial charge in [0.25, 0.3) is 0 Å². The number of amides is 1. The van der Waals surface area contributed by atoms with Crippen LogP contribution in [0.2, 0.25) is 0 Å². The van der Waals surface area contributed by atoms with Gasteiger partial charge in [-0.2, -0.15) is 0 Å². The van der Waals surface area contributed by atoms with Crippen molar-refractivity contribution < 1.29 is 9.18 Å².